The minimum atomic E-state index is 0.252. The van der Waals surface area contributed by atoms with Crippen molar-refractivity contribution in [2.24, 2.45) is 4.99 Å². The fraction of sp³-hybridized carbons (Fsp3) is 0.214. The molecular formula is C14H14N2O. The van der Waals surface area contributed by atoms with Gasteiger partial charge in [0.1, 0.15) is 5.75 Å². The number of benzene rings is 1. The SMILES string of the molecule is COc1ccc(N2C=NC3C=CC=CC32)cc1. The molecule has 1 aromatic carbocycles. The van der Waals surface area contributed by atoms with Crippen molar-refractivity contribution in [3.63, 3.8) is 0 Å². The predicted molar refractivity (Wildman–Crippen MR) is 69.8 cm³/mol. The highest BCUT2D eigenvalue weighted by molar-refractivity contribution is 5.84. The summed E-state index contributed by atoms with van der Waals surface area (Å²) in [6, 6.07) is 8.62. The number of rotatable bonds is 2. The van der Waals surface area contributed by atoms with Crippen LogP contribution in [0.3, 0.4) is 0 Å². The van der Waals surface area contributed by atoms with Crippen LogP contribution in [-0.2, 0) is 0 Å². The Labute approximate surface area is 101 Å². The fourth-order valence-corrected chi connectivity index (χ4v) is 2.20. The molecule has 0 amide bonds. The molecule has 2 unspecified atom stereocenters. The molecule has 86 valence electrons. The predicted octanol–water partition coefficient (Wildman–Crippen LogP) is 2.41. The summed E-state index contributed by atoms with van der Waals surface area (Å²) in [7, 11) is 1.68. The molecule has 1 heterocycles. The molecule has 2 aliphatic rings. The Hall–Kier alpha value is -2.03. The highest BCUT2D eigenvalue weighted by Gasteiger charge is 2.28. The van der Waals surface area contributed by atoms with E-state index in [9.17, 15) is 0 Å². The lowest BCUT2D eigenvalue weighted by molar-refractivity contribution is 0.415. The maximum atomic E-state index is 5.16. The van der Waals surface area contributed by atoms with Gasteiger partial charge >= 0.3 is 0 Å². The minimum Gasteiger partial charge on any atom is -0.497 e. The van der Waals surface area contributed by atoms with Crippen molar-refractivity contribution >= 4 is 12.0 Å². The largest absolute Gasteiger partial charge is 0.497 e. The van der Waals surface area contributed by atoms with Crippen LogP contribution in [0.15, 0.2) is 53.6 Å². The summed E-state index contributed by atoms with van der Waals surface area (Å²) in [5.41, 5.74) is 1.14. The van der Waals surface area contributed by atoms with Crippen LogP contribution in [0.25, 0.3) is 0 Å². The summed E-state index contributed by atoms with van der Waals surface area (Å²) in [4.78, 5) is 6.67. The molecule has 0 saturated carbocycles. The topological polar surface area (TPSA) is 24.8 Å². The van der Waals surface area contributed by atoms with E-state index < -0.39 is 0 Å². The van der Waals surface area contributed by atoms with Crippen LogP contribution in [0.2, 0.25) is 0 Å². The standard InChI is InChI=1S/C14H14N2O/c1-17-12-8-6-11(7-9-12)16-10-15-13-4-2-3-5-14(13)16/h2-10,13-14H,1H3. The Morgan fingerprint density at radius 3 is 2.65 bits per heavy atom. The summed E-state index contributed by atoms with van der Waals surface area (Å²) in [5.74, 6) is 0.875. The number of methoxy groups -OCH3 is 1. The van der Waals surface area contributed by atoms with Crippen LogP contribution in [-0.4, -0.2) is 25.5 Å². The summed E-state index contributed by atoms with van der Waals surface area (Å²) in [6.45, 7) is 0. The molecule has 1 aliphatic heterocycles. The Morgan fingerprint density at radius 2 is 1.88 bits per heavy atom. The number of aliphatic imine (C=N–C) groups is 1. The number of fused-ring (bicyclic) bond motifs is 1. The van der Waals surface area contributed by atoms with E-state index in [4.69, 9.17) is 4.74 Å². The Bertz CT molecular complexity index is 487. The van der Waals surface area contributed by atoms with Crippen molar-refractivity contribution in [1.29, 1.82) is 0 Å². The second kappa shape index (κ2) is 4.09. The third kappa shape index (κ3) is 1.73. The smallest absolute Gasteiger partial charge is 0.119 e. The highest BCUT2D eigenvalue weighted by Crippen LogP contribution is 2.27. The van der Waals surface area contributed by atoms with Crippen LogP contribution in [0.4, 0.5) is 5.69 Å². The second-order valence-electron chi connectivity index (χ2n) is 4.12. The van der Waals surface area contributed by atoms with Crippen molar-refractivity contribution < 1.29 is 4.74 Å². The Morgan fingerprint density at radius 1 is 1.12 bits per heavy atom. The molecule has 0 N–H and O–H groups in total. The van der Waals surface area contributed by atoms with Gasteiger partial charge in [-0.05, 0) is 24.3 Å². The number of ether oxygens (including phenoxy) is 1. The van der Waals surface area contributed by atoms with Gasteiger partial charge in [0.15, 0.2) is 0 Å². The zero-order chi connectivity index (χ0) is 11.7. The van der Waals surface area contributed by atoms with E-state index in [0.717, 1.165) is 11.4 Å². The molecule has 0 spiro atoms. The third-order valence-electron chi connectivity index (χ3n) is 3.13. The highest BCUT2D eigenvalue weighted by atomic mass is 16.5. The molecule has 3 heteroatoms. The fourth-order valence-electron chi connectivity index (χ4n) is 2.20. The second-order valence-corrected chi connectivity index (χ2v) is 4.12. The van der Waals surface area contributed by atoms with Crippen LogP contribution < -0.4 is 9.64 Å². The lowest BCUT2D eigenvalue weighted by Gasteiger charge is -2.25. The summed E-state index contributed by atoms with van der Waals surface area (Å²) < 4.78 is 5.16. The van der Waals surface area contributed by atoms with E-state index in [1.807, 2.05) is 18.5 Å². The number of nitrogens with zero attached hydrogens (tertiary/aromatic N) is 2. The summed E-state index contributed by atoms with van der Waals surface area (Å²) in [6.07, 6.45) is 10.4. The van der Waals surface area contributed by atoms with Crippen LogP contribution >= 0.6 is 0 Å². The van der Waals surface area contributed by atoms with E-state index in [1.165, 1.54) is 0 Å². The number of hydrogen-bond donors (Lipinski definition) is 0. The molecule has 0 aromatic heterocycles. The van der Waals surface area contributed by atoms with Crippen molar-refractivity contribution in [3.8, 4) is 5.75 Å². The third-order valence-corrected chi connectivity index (χ3v) is 3.13. The molecule has 3 nitrogen and oxygen atoms in total. The molecule has 0 saturated heterocycles. The molecule has 2 atom stereocenters. The average Bonchev–Trinajstić information content (AvgIpc) is 2.83. The van der Waals surface area contributed by atoms with Crippen LogP contribution in [0, 0.1) is 0 Å². The van der Waals surface area contributed by atoms with Gasteiger partial charge in [0, 0.05) is 5.69 Å². The van der Waals surface area contributed by atoms with E-state index in [2.05, 4.69) is 46.3 Å². The number of anilines is 1. The van der Waals surface area contributed by atoms with E-state index in [-0.39, 0.29) is 6.04 Å². The normalized spacial score (nSPS) is 25.1. The van der Waals surface area contributed by atoms with E-state index >= 15 is 0 Å². The molecular weight excluding hydrogens is 212 g/mol. The van der Waals surface area contributed by atoms with Gasteiger partial charge in [-0.3, -0.25) is 4.99 Å². The van der Waals surface area contributed by atoms with Crippen LogP contribution in [0.1, 0.15) is 0 Å². The van der Waals surface area contributed by atoms with Gasteiger partial charge in [0.05, 0.1) is 25.5 Å². The molecule has 1 aliphatic carbocycles. The zero-order valence-electron chi connectivity index (χ0n) is 9.65. The molecule has 1 aromatic rings. The lowest BCUT2D eigenvalue weighted by Crippen LogP contribution is -2.34. The minimum absolute atomic E-state index is 0.252. The number of allylic oxidation sites excluding steroid dienone is 2. The first-order chi connectivity index (χ1) is 8.38. The Balaban J connectivity index is 1.87. The van der Waals surface area contributed by atoms with Gasteiger partial charge in [-0.25, -0.2) is 0 Å². The molecule has 0 fully saturated rings. The molecule has 3 rings (SSSR count). The Kier molecular flexibility index (Phi) is 2.44. The number of hydrogen-bond acceptors (Lipinski definition) is 3. The zero-order valence-corrected chi connectivity index (χ0v) is 9.65. The van der Waals surface area contributed by atoms with Crippen molar-refractivity contribution in [2.45, 2.75) is 12.1 Å². The van der Waals surface area contributed by atoms with Crippen molar-refractivity contribution in [2.75, 3.05) is 12.0 Å². The molecule has 0 radical (unpaired) electrons. The van der Waals surface area contributed by atoms with E-state index in [0.29, 0.717) is 6.04 Å². The maximum absolute atomic E-state index is 5.16. The monoisotopic (exact) mass is 226 g/mol. The van der Waals surface area contributed by atoms with Gasteiger partial charge in [-0.15, -0.1) is 0 Å². The molecule has 17 heavy (non-hydrogen) atoms. The first-order valence-corrected chi connectivity index (χ1v) is 5.69. The first-order valence-electron chi connectivity index (χ1n) is 5.69. The quantitative estimate of drug-likeness (QED) is 0.773. The van der Waals surface area contributed by atoms with Gasteiger partial charge in [0.25, 0.3) is 0 Å². The van der Waals surface area contributed by atoms with Gasteiger partial charge in [-0.1, -0.05) is 24.3 Å². The summed E-state index contributed by atoms with van der Waals surface area (Å²) in [5, 5.41) is 0. The summed E-state index contributed by atoms with van der Waals surface area (Å²) >= 11 is 0. The average molecular weight is 226 g/mol. The lowest BCUT2D eigenvalue weighted by atomic mass is 10.0. The maximum Gasteiger partial charge on any atom is 0.119 e. The van der Waals surface area contributed by atoms with Crippen LogP contribution in [0.5, 0.6) is 5.75 Å². The van der Waals surface area contributed by atoms with Gasteiger partial charge in [-0.2, -0.15) is 0 Å². The van der Waals surface area contributed by atoms with Crippen molar-refractivity contribution in [1.82, 2.24) is 0 Å². The molecule has 0 bridgehead atoms. The first kappa shape index (κ1) is 10.1. The van der Waals surface area contributed by atoms with Gasteiger partial charge in [0.2, 0.25) is 0 Å². The van der Waals surface area contributed by atoms with E-state index in [1.54, 1.807) is 7.11 Å². The van der Waals surface area contributed by atoms with Gasteiger partial charge < -0.3 is 9.64 Å². The van der Waals surface area contributed by atoms with Crippen molar-refractivity contribution in [3.05, 3.63) is 48.6 Å².